The highest BCUT2D eigenvalue weighted by atomic mass is 19.1. The molecule has 0 spiro atoms. The molecule has 4 aromatic rings. The van der Waals surface area contributed by atoms with Gasteiger partial charge < -0.3 is 29.2 Å². The number of benzene rings is 2. The zero-order chi connectivity index (χ0) is 32.3. The maximum absolute atomic E-state index is 15.1. The van der Waals surface area contributed by atoms with Crippen LogP contribution < -0.4 is 20.7 Å². The zero-order valence-corrected chi connectivity index (χ0v) is 25.5. The molecule has 3 saturated heterocycles. The number of alkyl halides is 1. The zero-order valence-electron chi connectivity index (χ0n) is 25.5. The molecule has 3 atom stereocenters. The number of rotatable bonds is 9. The fourth-order valence-corrected chi connectivity index (χ4v) is 6.06. The molecule has 244 valence electrons. The van der Waals surface area contributed by atoms with Crippen molar-refractivity contribution in [3.05, 3.63) is 76.9 Å². The molecule has 15 heteroatoms. The lowest BCUT2D eigenvalue weighted by atomic mass is 10.0. The highest BCUT2D eigenvalue weighted by Gasteiger charge is 2.35. The van der Waals surface area contributed by atoms with E-state index in [2.05, 4.69) is 57.7 Å². The standard InChI is InChI=1S/C32H34FN9O5/c33-25-15-42(30(43)26-18-46-32(44)38-26)8-7-28(25)47-27-6-1-20(13-21(27)14-34)29-35-19-36-31(39-29)37-22-2-4-23(5-3-22)40-9-11-41(12-10-40)24-16-45-17-24/h1-6,13,18-19,24-25,28,30,43H,7-12,15-17H2,(H,38,44)(H,35,36,37,39)/t25-,28+,30?/m1/s1. The molecule has 2 aromatic heterocycles. The van der Waals surface area contributed by atoms with Gasteiger partial charge >= 0.3 is 5.76 Å². The number of piperidine rings is 1. The lowest BCUT2D eigenvalue weighted by Gasteiger charge is -2.43. The first-order chi connectivity index (χ1) is 22.9. The number of nitriles is 1. The Morgan fingerprint density at radius 1 is 1.11 bits per heavy atom. The van der Waals surface area contributed by atoms with Gasteiger partial charge in [-0.1, -0.05) is 0 Å². The number of aliphatic hydroxyl groups is 1. The van der Waals surface area contributed by atoms with E-state index in [1.54, 1.807) is 18.2 Å². The quantitative estimate of drug-likeness (QED) is 0.243. The Hall–Kier alpha value is -4.88. The molecule has 2 aromatic carbocycles. The summed E-state index contributed by atoms with van der Waals surface area (Å²) in [4.78, 5) is 33.1. The molecule has 3 aliphatic heterocycles. The SMILES string of the molecule is N#Cc1cc(-c2ncnc(Nc3ccc(N4CCN(C5COC5)CC4)cc3)n2)ccc1O[C@H]1CCN(C(O)c2coc(=O)[nH]2)C[C@H]1F. The number of aliphatic hydroxyl groups excluding tert-OH is 1. The number of hydrogen-bond donors (Lipinski definition) is 3. The largest absolute Gasteiger partial charge is 0.486 e. The van der Waals surface area contributed by atoms with Crippen LogP contribution in [-0.2, 0) is 4.74 Å². The van der Waals surface area contributed by atoms with E-state index in [9.17, 15) is 15.2 Å². The van der Waals surface area contributed by atoms with Crippen LogP contribution in [0.15, 0.2) is 64.3 Å². The Morgan fingerprint density at radius 3 is 2.60 bits per heavy atom. The number of oxazole rings is 1. The monoisotopic (exact) mass is 643 g/mol. The molecule has 0 amide bonds. The minimum Gasteiger partial charge on any atom is -0.486 e. The molecular formula is C32H34FN9O5. The van der Waals surface area contributed by atoms with Gasteiger partial charge in [-0.15, -0.1) is 0 Å². The number of H-pyrrole nitrogens is 1. The van der Waals surface area contributed by atoms with Gasteiger partial charge in [0.05, 0.1) is 24.8 Å². The summed E-state index contributed by atoms with van der Waals surface area (Å²) in [5, 5.41) is 23.6. The minimum absolute atomic E-state index is 0.129. The van der Waals surface area contributed by atoms with Crippen LogP contribution in [0.5, 0.6) is 5.75 Å². The van der Waals surface area contributed by atoms with Crippen LogP contribution in [0.3, 0.4) is 0 Å². The molecule has 0 radical (unpaired) electrons. The number of aromatic nitrogens is 4. The van der Waals surface area contributed by atoms with Crippen molar-refractivity contribution < 1.29 is 23.4 Å². The molecular weight excluding hydrogens is 609 g/mol. The number of ether oxygens (including phenoxy) is 2. The molecule has 47 heavy (non-hydrogen) atoms. The van der Waals surface area contributed by atoms with E-state index in [1.165, 1.54) is 11.2 Å². The lowest BCUT2D eigenvalue weighted by Crippen LogP contribution is -2.56. The molecule has 0 bridgehead atoms. The third-order valence-electron chi connectivity index (χ3n) is 8.82. The normalized spacial score (nSPS) is 21.5. The molecule has 1 unspecified atom stereocenters. The number of nitrogens with zero attached hydrogens (tertiary/aromatic N) is 7. The van der Waals surface area contributed by atoms with Gasteiger partial charge in [0.25, 0.3) is 0 Å². The van der Waals surface area contributed by atoms with E-state index >= 15 is 4.39 Å². The second kappa shape index (κ2) is 13.5. The van der Waals surface area contributed by atoms with Gasteiger partial charge in [-0.3, -0.25) is 14.8 Å². The van der Waals surface area contributed by atoms with Crippen LogP contribution in [0.2, 0.25) is 0 Å². The fourth-order valence-electron chi connectivity index (χ4n) is 6.06. The Bertz CT molecular complexity index is 1780. The van der Waals surface area contributed by atoms with Crippen LogP contribution in [-0.4, -0.2) is 106 Å². The molecule has 3 fully saturated rings. The molecule has 3 N–H and O–H groups in total. The summed E-state index contributed by atoms with van der Waals surface area (Å²) in [5.74, 6) is 0.256. The second-order valence-corrected chi connectivity index (χ2v) is 11.8. The van der Waals surface area contributed by atoms with E-state index in [0.29, 0.717) is 29.9 Å². The maximum Gasteiger partial charge on any atom is 0.416 e. The van der Waals surface area contributed by atoms with Crippen molar-refractivity contribution in [2.24, 2.45) is 0 Å². The number of anilines is 3. The van der Waals surface area contributed by atoms with Gasteiger partial charge in [0, 0.05) is 62.6 Å². The van der Waals surface area contributed by atoms with Crippen molar-refractivity contribution in [2.75, 3.05) is 62.7 Å². The van der Waals surface area contributed by atoms with E-state index in [4.69, 9.17) is 9.47 Å². The van der Waals surface area contributed by atoms with Gasteiger partial charge in [-0.25, -0.2) is 19.2 Å². The minimum atomic E-state index is -1.45. The third-order valence-corrected chi connectivity index (χ3v) is 8.82. The molecule has 14 nitrogen and oxygen atoms in total. The first-order valence-electron chi connectivity index (χ1n) is 15.5. The number of halogens is 1. The van der Waals surface area contributed by atoms with E-state index < -0.39 is 24.3 Å². The van der Waals surface area contributed by atoms with Gasteiger partial charge in [0.1, 0.15) is 42.4 Å². The predicted molar refractivity (Wildman–Crippen MR) is 168 cm³/mol. The van der Waals surface area contributed by atoms with Crippen molar-refractivity contribution >= 4 is 17.3 Å². The molecule has 0 saturated carbocycles. The van der Waals surface area contributed by atoms with Crippen LogP contribution in [0.1, 0.15) is 23.9 Å². The van der Waals surface area contributed by atoms with Crippen molar-refractivity contribution in [1.82, 2.24) is 29.7 Å². The lowest BCUT2D eigenvalue weighted by molar-refractivity contribution is -0.0660. The summed E-state index contributed by atoms with van der Waals surface area (Å²) in [6, 6.07) is 15.8. The Morgan fingerprint density at radius 2 is 1.91 bits per heavy atom. The van der Waals surface area contributed by atoms with Crippen molar-refractivity contribution in [1.29, 1.82) is 5.26 Å². The van der Waals surface area contributed by atoms with Crippen LogP contribution >= 0.6 is 0 Å². The first-order valence-corrected chi connectivity index (χ1v) is 15.5. The molecule has 5 heterocycles. The summed E-state index contributed by atoms with van der Waals surface area (Å²) < 4.78 is 31.1. The van der Waals surface area contributed by atoms with Crippen LogP contribution in [0.4, 0.5) is 21.7 Å². The summed E-state index contributed by atoms with van der Waals surface area (Å²) in [6.07, 6.45) is -0.728. The smallest absolute Gasteiger partial charge is 0.416 e. The van der Waals surface area contributed by atoms with E-state index in [0.717, 1.165) is 57.0 Å². The highest BCUT2D eigenvalue weighted by Crippen LogP contribution is 2.30. The predicted octanol–water partition coefficient (Wildman–Crippen LogP) is 2.44. The van der Waals surface area contributed by atoms with Gasteiger partial charge in [-0.2, -0.15) is 10.2 Å². The average Bonchev–Trinajstić information content (AvgIpc) is 3.51. The molecule has 7 rings (SSSR count). The van der Waals surface area contributed by atoms with E-state index in [1.807, 2.05) is 12.1 Å². The first kappa shape index (κ1) is 30.8. The Labute approximate surface area is 269 Å². The number of piperazine rings is 1. The Balaban J connectivity index is 0.964. The fraction of sp³-hybridized carbons (Fsp3) is 0.406. The van der Waals surface area contributed by atoms with Crippen LogP contribution in [0, 0.1) is 11.3 Å². The summed E-state index contributed by atoms with van der Waals surface area (Å²) in [6.45, 7) is 5.86. The average molecular weight is 644 g/mol. The topological polar surface area (TPSA) is 169 Å². The van der Waals surface area contributed by atoms with Gasteiger partial charge in [0.2, 0.25) is 5.95 Å². The summed E-state index contributed by atoms with van der Waals surface area (Å²) in [7, 11) is 0. The summed E-state index contributed by atoms with van der Waals surface area (Å²) in [5.41, 5.74) is 2.93. The number of hydrogen-bond acceptors (Lipinski definition) is 13. The summed E-state index contributed by atoms with van der Waals surface area (Å²) >= 11 is 0. The van der Waals surface area contributed by atoms with Crippen molar-refractivity contribution in [2.45, 2.75) is 31.0 Å². The number of aromatic amines is 1. The third kappa shape index (κ3) is 6.81. The van der Waals surface area contributed by atoms with Crippen molar-refractivity contribution in [3.8, 4) is 23.2 Å². The Kier molecular flexibility index (Phi) is 8.81. The van der Waals surface area contributed by atoms with Gasteiger partial charge in [0.15, 0.2) is 12.1 Å². The molecule has 3 aliphatic rings. The van der Waals surface area contributed by atoms with Crippen LogP contribution in [0.25, 0.3) is 11.4 Å². The maximum atomic E-state index is 15.1. The molecule has 0 aliphatic carbocycles. The second-order valence-electron chi connectivity index (χ2n) is 11.8. The number of likely N-dealkylation sites (tertiary alicyclic amines) is 1. The highest BCUT2D eigenvalue weighted by molar-refractivity contribution is 5.64. The van der Waals surface area contributed by atoms with E-state index in [-0.39, 0.29) is 30.0 Å². The van der Waals surface area contributed by atoms with Gasteiger partial charge in [-0.05, 0) is 42.5 Å². The van der Waals surface area contributed by atoms with Crippen molar-refractivity contribution in [3.63, 3.8) is 0 Å². The number of nitrogens with one attached hydrogen (secondary N) is 2.